The maximum Gasteiger partial charge on any atom is 0.229 e. The molecule has 32 heavy (non-hydrogen) atoms. The van der Waals surface area contributed by atoms with Crippen molar-refractivity contribution in [2.75, 3.05) is 12.4 Å². The molecule has 0 atom stereocenters. The van der Waals surface area contributed by atoms with Crippen molar-refractivity contribution < 1.29 is 19.1 Å². The van der Waals surface area contributed by atoms with E-state index >= 15 is 0 Å². The summed E-state index contributed by atoms with van der Waals surface area (Å²) in [4.78, 5) is 24.0. The molecule has 0 bridgehead atoms. The van der Waals surface area contributed by atoms with Crippen molar-refractivity contribution in [3.8, 4) is 17.2 Å². The predicted octanol–water partition coefficient (Wildman–Crippen LogP) is 6.64. The number of thioether (sulfide) groups is 1. The lowest BCUT2D eigenvalue weighted by Crippen LogP contribution is -2.27. The second kappa shape index (κ2) is 10.4. The van der Waals surface area contributed by atoms with Gasteiger partial charge in [-0.25, -0.2) is 0 Å². The number of benzene rings is 2. The van der Waals surface area contributed by atoms with Gasteiger partial charge in [-0.3, -0.25) is 9.59 Å². The molecular formula is C26H35NO4S. The Morgan fingerprint density at radius 2 is 1.59 bits per heavy atom. The second-order valence-corrected chi connectivity index (χ2v) is 11.7. The fourth-order valence-corrected chi connectivity index (χ4v) is 3.61. The first-order chi connectivity index (χ1) is 14.8. The molecule has 0 aliphatic heterocycles. The van der Waals surface area contributed by atoms with Crippen LogP contribution in [0.25, 0.3) is 0 Å². The van der Waals surface area contributed by atoms with Crippen LogP contribution < -0.4 is 14.8 Å². The van der Waals surface area contributed by atoms with Gasteiger partial charge in [0.1, 0.15) is 11.5 Å². The summed E-state index contributed by atoms with van der Waals surface area (Å²) < 4.78 is 11.8. The molecule has 174 valence electrons. The molecule has 0 unspecified atom stereocenters. The number of anilines is 1. The molecule has 0 aliphatic carbocycles. The number of Topliss-reactive ketones (excluding diaryl/α,β-unsaturated/α-hetero) is 1. The van der Waals surface area contributed by atoms with E-state index in [1.54, 1.807) is 25.8 Å². The number of hydrogen-bond donors (Lipinski definition) is 1. The molecule has 0 fully saturated rings. The Hall–Kier alpha value is -2.47. The predicted molar refractivity (Wildman–Crippen MR) is 133 cm³/mol. The fraction of sp³-hybridized carbons (Fsp3) is 0.462. The maximum atomic E-state index is 12.5. The third-order valence-electron chi connectivity index (χ3n) is 4.56. The summed E-state index contributed by atoms with van der Waals surface area (Å²) >= 11 is 1.80. The van der Waals surface area contributed by atoms with E-state index in [4.69, 9.17) is 9.47 Å². The van der Waals surface area contributed by atoms with Crippen LogP contribution in [0.5, 0.6) is 17.2 Å². The smallest absolute Gasteiger partial charge is 0.229 e. The zero-order valence-electron chi connectivity index (χ0n) is 20.4. The highest BCUT2D eigenvalue weighted by Gasteiger charge is 2.22. The van der Waals surface area contributed by atoms with Gasteiger partial charge in [0.2, 0.25) is 5.91 Å². The van der Waals surface area contributed by atoms with Crippen LogP contribution in [0, 0.1) is 5.41 Å². The molecule has 0 saturated heterocycles. The molecule has 2 rings (SSSR count). The molecule has 0 radical (unpaired) electrons. The molecule has 1 N–H and O–H groups in total. The van der Waals surface area contributed by atoms with Crippen LogP contribution in [0.3, 0.4) is 0 Å². The maximum absolute atomic E-state index is 12.5. The van der Waals surface area contributed by atoms with Crippen LogP contribution in [0.2, 0.25) is 0 Å². The highest BCUT2D eigenvalue weighted by molar-refractivity contribution is 7.99. The van der Waals surface area contributed by atoms with Gasteiger partial charge < -0.3 is 14.8 Å². The number of amides is 1. The monoisotopic (exact) mass is 457 g/mol. The van der Waals surface area contributed by atoms with Gasteiger partial charge in [0.05, 0.1) is 7.11 Å². The molecule has 5 nitrogen and oxygen atoms in total. The van der Waals surface area contributed by atoms with Gasteiger partial charge in [-0.1, -0.05) is 47.6 Å². The summed E-state index contributed by atoms with van der Waals surface area (Å²) in [6.45, 7) is 13.7. The van der Waals surface area contributed by atoms with E-state index in [9.17, 15) is 9.59 Å². The van der Waals surface area contributed by atoms with Crippen molar-refractivity contribution in [3.05, 3.63) is 47.5 Å². The number of ether oxygens (including phenoxy) is 2. The molecule has 6 heteroatoms. The molecule has 0 aliphatic rings. The van der Waals surface area contributed by atoms with E-state index in [0.29, 0.717) is 29.4 Å². The molecule has 0 spiro atoms. The van der Waals surface area contributed by atoms with Crippen molar-refractivity contribution in [1.29, 1.82) is 0 Å². The van der Waals surface area contributed by atoms with E-state index in [1.165, 1.54) is 0 Å². The van der Waals surface area contributed by atoms with Gasteiger partial charge in [-0.2, -0.15) is 11.8 Å². The number of rotatable bonds is 8. The number of carbonyl (C=O) groups is 2. The van der Waals surface area contributed by atoms with E-state index in [0.717, 1.165) is 16.8 Å². The minimum Gasteiger partial charge on any atom is -0.493 e. The minimum absolute atomic E-state index is 0.0424. The minimum atomic E-state index is -0.486. The van der Waals surface area contributed by atoms with Crippen molar-refractivity contribution in [2.45, 2.75) is 65.4 Å². The third kappa shape index (κ3) is 7.90. The van der Waals surface area contributed by atoms with Crippen LogP contribution in [0.4, 0.5) is 5.69 Å². The summed E-state index contributed by atoms with van der Waals surface area (Å²) in [7, 11) is 1.59. The van der Waals surface area contributed by atoms with Gasteiger partial charge in [0, 0.05) is 33.6 Å². The Kier molecular flexibility index (Phi) is 8.41. The lowest BCUT2D eigenvalue weighted by Gasteiger charge is -2.21. The molecule has 2 aromatic carbocycles. The average molecular weight is 458 g/mol. The normalized spacial score (nSPS) is 11.8. The van der Waals surface area contributed by atoms with Crippen LogP contribution in [0.15, 0.2) is 36.4 Å². The topological polar surface area (TPSA) is 64.6 Å². The molecule has 1 amide bonds. The molecule has 0 saturated carbocycles. The second-order valence-electron chi connectivity index (χ2n) is 9.89. The summed E-state index contributed by atoms with van der Waals surface area (Å²) in [5.74, 6) is 2.60. The molecule has 2 aromatic rings. The lowest BCUT2D eigenvalue weighted by atomic mass is 9.95. The van der Waals surface area contributed by atoms with Crippen LogP contribution in [-0.2, 0) is 21.8 Å². The SMILES string of the molecule is COc1ccc(CC(C)=O)cc1Oc1ccc(NC(=O)C(C)(C)C)cc1CSC(C)(C)C. The lowest BCUT2D eigenvalue weighted by molar-refractivity contribution is -0.123. The summed E-state index contributed by atoms with van der Waals surface area (Å²) in [5.41, 5.74) is 2.09. The van der Waals surface area contributed by atoms with E-state index in [-0.39, 0.29) is 16.4 Å². The van der Waals surface area contributed by atoms with E-state index in [2.05, 4.69) is 26.1 Å². The highest BCUT2D eigenvalue weighted by atomic mass is 32.2. The third-order valence-corrected chi connectivity index (χ3v) is 5.88. The summed E-state index contributed by atoms with van der Waals surface area (Å²) in [5, 5.41) is 3.00. The highest BCUT2D eigenvalue weighted by Crippen LogP contribution is 2.38. The summed E-state index contributed by atoms with van der Waals surface area (Å²) in [6, 6.07) is 11.2. The summed E-state index contributed by atoms with van der Waals surface area (Å²) in [6.07, 6.45) is 0.338. The standard InChI is InChI=1S/C26H35NO4S/c1-17(28)13-18-9-11-22(30-8)23(14-18)31-21-12-10-20(27-24(29)25(2,3)4)15-19(21)16-32-26(5,6)7/h9-12,14-15H,13,16H2,1-8H3,(H,27,29). The number of methoxy groups -OCH3 is 1. The molecule has 0 aromatic heterocycles. The van der Waals surface area contributed by atoms with Crippen molar-refractivity contribution in [3.63, 3.8) is 0 Å². The van der Waals surface area contributed by atoms with Crippen molar-refractivity contribution >= 4 is 29.1 Å². The Labute approximate surface area is 196 Å². The Morgan fingerprint density at radius 3 is 2.16 bits per heavy atom. The van der Waals surface area contributed by atoms with Gasteiger partial charge in [0.25, 0.3) is 0 Å². The number of hydrogen-bond acceptors (Lipinski definition) is 5. The van der Waals surface area contributed by atoms with Gasteiger partial charge in [-0.05, 0) is 42.8 Å². The quantitative estimate of drug-likeness (QED) is 0.482. The first kappa shape index (κ1) is 25.8. The average Bonchev–Trinajstić information content (AvgIpc) is 2.66. The Morgan fingerprint density at radius 1 is 0.938 bits per heavy atom. The first-order valence-corrected chi connectivity index (χ1v) is 11.7. The number of nitrogens with one attached hydrogen (secondary N) is 1. The largest absolute Gasteiger partial charge is 0.493 e. The zero-order chi connectivity index (χ0) is 24.1. The zero-order valence-corrected chi connectivity index (χ0v) is 21.2. The van der Waals surface area contributed by atoms with Crippen molar-refractivity contribution in [1.82, 2.24) is 0 Å². The first-order valence-electron chi connectivity index (χ1n) is 10.7. The Bertz CT molecular complexity index is 971. The van der Waals surface area contributed by atoms with Gasteiger partial charge >= 0.3 is 0 Å². The number of carbonyl (C=O) groups excluding carboxylic acids is 2. The van der Waals surface area contributed by atoms with Gasteiger partial charge in [0.15, 0.2) is 11.5 Å². The van der Waals surface area contributed by atoms with Gasteiger partial charge in [-0.15, -0.1) is 0 Å². The molecular weight excluding hydrogens is 422 g/mol. The van der Waals surface area contributed by atoms with Crippen LogP contribution >= 0.6 is 11.8 Å². The van der Waals surface area contributed by atoms with Crippen LogP contribution in [0.1, 0.15) is 59.6 Å². The van der Waals surface area contributed by atoms with E-state index in [1.807, 2.05) is 57.2 Å². The van der Waals surface area contributed by atoms with Crippen LogP contribution in [-0.4, -0.2) is 23.5 Å². The Balaban J connectivity index is 2.41. The number of ketones is 1. The molecule has 0 heterocycles. The van der Waals surface area contributed by atoms with E-state index < -0.39 is 5.41 Å². The van der Waals surface area contributed by atoms with Crippen molar-refractivity contribution in [2.24, 2.45) is 5.41 Å². The fourth-order valence-electron chi connectivity index (χ4n) is 2.80.